The van der Waals surface area contributed by atoms with Gasteiger partial charge in [-0.1, -0.05) is 0 Å². The van der Waals surface area contributed by atoms with Crippen LogP contribution in [-0.4, -0.2) is 22.7 Å². The molecule has 0 aliphatic carbocycles. The second-order valence-electron chi connectivity index (χ2n) is 4.82. The maximum atomic E-state index is 11.5. The minimum atomic E-state index is -0.0839. The Hall–Kier alpha value is -1.45. The quantitative estimate of drug-likeness (QED) is 0.809. The molecule has 2 amide bonds. The van der Waals surface area contributed by atoms with E-state index >= 15 is 0 Å². The van der Waals surface area contributed by atoms with E-state index in [0.29, 0.717) is 0 Å². The van der Waals surface area contributed by atoms with Crippen LogP contribution in [-0.2, 0) is 13.5 Å². The van der Waals surface area contributed by atoms with Crippen molar-refractivity contribution in [3.63, 3.8) is 0 Å². The first kappa shape index (κ1) is 13.6. The first-order valence-corrected chi connectivity index (χ1v) is 6.16. The van der Waals surface area contributed by atoms with Crippen molar-refractivity contribution in [2.45, 2.75) is 45.7 Å². The van der Waals surface area contributed by atoms with Crippen molar-refractivity contribution in [1.82, 2.24) is 15.2 Å². The van der Waals surface area contributed by atoms with Crippen LogP contribution in [0.1, 0.15) is 32.9 Å². The average Bonchev–Trinajstić information content (AvgIpc) is 2.59. The van der Waals surface area contributed by atoms with Gasteiger partial charge in [0.05, 0.1) is 0 Å². The van der Waals surface area contributed by atoms with E-state index in [1.54, 1.807) is 0 Å². The predicted octanol–water partition coefficient (Wildman–Crippen LogP) is 2.05. The number of hydrogen-bond donors (Lipinski definition) is 2. The second kappa shape index (κ2) is 6.33. The van der Waals surface area contributed by atoms with Crippen molar-refractivity contribution in [2.24, 2.45) is 7.05 Å². The minimum absolute atomic E-state index is 0.0839. The zero-order chi connectivity index (χ0) is 12.8. The van der Waals surface area contributed by atoms with Crippen LogP contribution < -0.4 is 10.6 Å². The molecule has 0 bridgehead atoms. The van der Waals surface area contributed by atoms with Gasteiger partial charge in [-0.25, -0.2) is 4.79 Å². The maximum Gasteiger partial charge on any atom is 0.315 e. The summed E-state index contributed by atoms with van der Waals surface area (Å²) < 4.78 is 2.11. The van der Waals surface area contributed by atoms with Gasteiger partial charge in [-0.15, -0.1) is 0 Å². The summed E-state index contributed by atoms with van der Waals surface area (Å²) in [5.74, 6) is 0. The van der Waals surface area contributed by atoms with Gasteiger partial charge in [0.2, 0.25) is 0 Å². The number of aryl methyl sites for hydroxylation is 2. The molecule has 0 spiro atoms. The zero-order valence-corrected chi connectivity index (χ0v) is 11.2. The summed E-state index contributed by atoms with van der Waals surface area (Å²) >= 11 is 0. The van der Waals surface area contributed by atoms with Crippen LogP contribution >= 0.6 is 0 Å². The molecule has 0 aliphatic rings. The van der Waals surface area contributed by atoms with Crippen LogP contribution in [0.4, 0.5) is 4.79 Å². The number of urea groups is 1. The van der Waals surface area contributed by atoms with Gasteiger partial charge in [-0.2, -0.15) is 0 Å². The molecule has 4 nitrogen and oxygen atoms in total. The Balaban J connectivity index is 2.28. The Morgan fingerprint density at radius 2 is 2.06 bits per heavy atom. The highest BCUT2D eigenvalue weighted by Crippen LogP contribution is 2.05. The number of nitrogens with zero attached hydrogens (tertiary/aromatic N) is 1. The number of aromatic nitrogens is 1. The van der Waals surface area contributed by atoms with Crippen LogP contribution in [0.3, 0.4) is 0 Å². The van der Waals surface area contributed by atoms with Crippen molar-refractivity contribution in [3.8, 4) is 0 Å². The Kier molecular flexibility index (Phi) is 5.07. The lowest BCUT2D eigenvalue weighted by atomic mass is 10.1. The normalized spacial score (nSPS) is 12.5. The molecule has 0 saturated heterocycles. The van der Waals surface area contributed by atoms with Crippen LogP contribution in [0.2, 0.25) is 0 Å². The molecular formula is C13H23N3O. The van der Waals surface area contributed by atoms with Crippen LogP contribution in [0.25, 0.3) is 0 Å². The van der Waals surface area contributed by atoms with Gasteiger partial charge in [0.1, 0.15) is 0 Å². The van der Waals surface area contributed by atoms with Gasteiger partial charge in [0.15, 0.2) is 0 Å². The number of nitrogens with one attached hydrogen (secondary N) is 2. The van der Waals surface area contributed by atoms with Gasteiger partial charge < -0.3 is 15.2 Å². The summed E-state index contributed by atoms with van der Waals surface area (Å²) in [7, 11) is 2.04. The van der Waals surface area contributed by atoms with Crippen LogP contribution in [0, 0.1) is 0 Å². The highest BCUT2D eigenvalue weighted by Gasteiger charge is 2.08. The van der Waals surface area contributed by atoms with E-state index in [4.69, 9.17) is 0 Å². The fraction of sp³-hybridized carbons (Fsp3) is 0.615. The van der Waals surface area contributed by atoms with Crippen molar-refractivity contribution in [1.29, 1.82) is 0 Å². The lowest BCUT2D eigenvalue weighted by Crippen LogP contribution is -2.43. The van der Waals surface area contributed by atoms with Gasteiger partial charge in [0.25, 0.3) is 0 Å². The first-order valence-electron chi connectivity index (χ1n) is 6.16. The number of amides is 2. The summed E-state index contributed by atoms with van der Waals surface area (Å²) in [6.45, 7) is 5.94. The molecule has 0 saturated carbocycles. The summed E-state index contributed by atoms with van der Waals surface area (Å²) in [6, 6.07) is 4.43. The zero-order valence-electron chi connectivity index (χ0n) is 11.2. The van der Waals surface area contributed by atoms with E-state index in [0.717, 1.165) is 12.8 Å². The van der Waals surface area contributed by atoms with Gasteiger partial charge >= 0.3 is 6.03 Å². The van der Waals surface area contributed by atoms with Crippen LogP contribution in [0.15, 0.2) is 18.3 Å². The molecule has 2 N–H and O–H groups in total. The number of rotatable bonds is 5. The van der Waals surface area contributed by atoms with E-state index in [1.807, 2.05) is 40.1 Å². The molecule has 1 heterocycles. The molecule has 0 fully saturated rings. The third-order valence-corrected chi connectivity index (χ3v) is 2.68. The molecular weight excluding hydrogens is 214 g/mol. The summed E-state index contributed by atoms with van der Waals surface area (Å²) in [5.41, 5.74) is 1.29. The Morgan fingerprint density at radius 1 is 1.35 bits per heavy atom. The Bertz CT molecular complexity index is 357. The third-order valence-electron chi connectivity index (χ3n) is 2.68. The lowest BCUT2D eigenvalue weighted by molar-refractivity contribution is 0.235. The molecule has 0 aromatic carbocycles. The second-order valence-corrected chi connectivity index (χ2v) is 4.82. The maximum absolute atomic E-state index is 11.5. The molecule has 1 aromatic rings. The number of hydrogen-bond acceptors (Lipinski definition) is 1. The monoisotopic (exact) mass is 237 g/mol. The largest absolute Gasteiger partial charge is 0.354 e. The van der Waals surface area contributed by atoms with E-state index in [2.05, 4.69) is 21.3 Å². The summed E-state index contributed by atoms with van der Waals surface area (Å²) in [6.07, 6.45) is 3.97. The molecule has 1 unspecified atom stereocenters. The molecule has 0 aliphatic heterocycles. The fourth-order valence-corrected chi connectivity index (χ4v) is 1.72. The Morgan fingerprint density at radius 3 is 2.59 bits per heavy atom. The molecule has 4 heteroatoms. The predicted molar refractivity (Wildman–Crippen MR) is 70.0 cm³/mol. The molecule has 17 heavy (non-hydrogen) atoms. The van der Waals surface area contributed by atoms with Crippen molar-refractivity contribution < 1.29 is 4.79 Å². The topological polar surface area (TPSA) is 46.1 Å². The molecule has 0 radical (unpaired) electrons. The number of carbonyl (C=O) groups excluding carboxylic acids is 1. The summed E-state index contributed by atoms with van der Waals surface area (Å²) in [5, 5.41) is 5.76. The van der Waals surface area contributed by atoms with E-state index in [9.17, 15) is 4.79 Å². The SMILES string of the molecule is CC(C)NC(=O)NC(C)CCc1cccn1C. The third kappa shape index (κ3) is 4.93. The molecule has 1 atom stereocenters. The lowest BCUT2D eigenvalue weighted by Gasteiger charge is -2.16. The van der Waals surface area contributed by atoms with E-state index in [1.165, 1.54) is 5.69 Å². The minimum Gasteiger partial charge on any atom is -0.354 e. The van der Waals surface area contributed by atoms with Crippen molar-refractivity contribution >= 4 is 6.03 Å². The highest BCUT2D eigenvalue weighted by atomic mass is 16.2. The molecule has 96 valence electrons. The fourth-order valence-electron chi connectivity index (χ4n) is 1.72. The van der Waals surface area contributed by atoms with Crippen LogP contribution in [0.5, 0.6) is 0 Å². The smallest absolute Gasteiger partial charge is 0.315 e. The first-order chi connectivity index (χ1) is 7.99. The summed E-state index contributed by atoms with van der Waals surface area (Å²) in [4.78, 5) is 11.5. The van der Waals surface area contributed by atoms with E-state index in [-0.39, 0.29) is 18.1 Å². The van der Waals surface area contributed by atoms with Gasteiger partial charge in [0, 0.05) is 31.0 Å². The highest BCUT2D eigenvalue weighted by molar-refractivity contribution is 5.74. The Labute approximate surface area is 103 Å². The van der Waals surface area contributed by atoms with Gasteiger partial charge in [-0.3, -0.25) is 0 Å². The van der Waals surface area contributed by atoms with Crippen molar-refractivity contribution in [2.75, 3.05) is 0 Å². The number of carbonyl (C=O) groups is 1. The average molecular weight is 237 g/mol. The standard InChI is InChI=1S/C13H23N3O/c1-10(2)14-13(17)15-11(3)7-8-12-6-5-9-16(12)4/h5-6,9-11H,7-8H2,1-4H3,(H2,14,15,17). The van der Waals surface area contributed by atoms with Crippen molar-refractivity contribution in [3.05, 3.63) is 24.0 Å². The molecule has 1 rings (SSSR count). The molecule has 1 aromatic heterocycles. The van der Waals surface area contributed by atoms with E-state index < -0.39 is 0 Å². The van der Waals surface area contributed by atoms with Gasteiger partial charge in [-0.05, 0) is 45.7 Å².